The van der Waals surface area contributed by atoms with E-state index in [0.29, 0.717) is 16.3 Å². The summed E-state index contributed by atoms with van der Waals surface area (Å²) in [4.78, 5) is 12.5. The number of amides is 1. The predicted molar refractivity (Wildman–Crippen MR) is 89.6 cm³/mol. The minimum absolute atomic E-state index is 0. The van der Waals surface area contributed by atoms with Crippen molar-refractivity contribution in [3.05, 3.63) is 41.0 Å². The van der Waals surface area contributed by atoms with Gasteiger partial charge in [-0.1, -0.05) is 29.8 Å². The molecule has 1 fully saturated rings. The maximum Gasteiger partial charge on any atom is 0.255 e. The summed E-state index contributed by atoms with van der Waals surface area (Å²) >= 11 is 6.22. The molecule has 0 radical (unpaired) electrons. The standard InChI is InChI=1S/C15H17ClN4O.ClH/c1-20-9-12(15(21)18-10-6-7-17-8-10)14(19-20)11-4-2-3-5-13(11)16;/h2-5,9-10,17H,6-8H2,1H3,(H,18,21);1H. The topological polar surface area (TPSA) is 59.0 Å². The van der Waals surface area contributed by atoms with Crippen LogP contribution in [0.4, 0.5) is 0 Å². The van der Waals surface area contributed by atoms with Gasteiger partial charge in [-0.05, 0) is 19.0 Å². The lowest BCUT2D eigenvalue weighted by Crippen LogP contribution is -2.36. The summed E-state index contributed by atoms with van der Waals surface area (Å²) in [5, 5.41) is 11.3. The largest absolute Gasteiger partial charge is 0.348 e. The number of carbonyl (C=O) groups is 1. The molecule has 0 saturated carbocycles. The van der Waals surface area contributed by atoms with Gasteiger partial charge < -0.3 is 10.6 Å². The summed E-state index contributed by atoms with van der Waals surface area (Å²) in [6.45, 7) is 1.75. The highest BCUT2D eigenvalue weighted by Gasteiger charge is 2.22. The number of aromatic nitrogens is 2. The van der Waals surface area contributed by atoms with Gasteiger partial charge in [0.15, 0.2) is 0 Å². The van der Waals surface area contributed by atoms with Crippen LogP contribution in [-0.4, -0.2) is 34.8 Å². The summed E-state index contributed by atoms with van der Waals surface area (Å²) in [6.07, 6.45) is 2.68. The van der Waals surface area contributed by atoms with Crippen molar-refractivity contribution in [2.45, 2.75) is 12.5 Å². The van der Waals surface area contributed by atoms with Crippen molar-refractivity contribution in [3.8, 4) is 11.3 Å². The summed E-state index contributed by atoms with van der Waals surface area (Å²) in [6, 6.07) is 7.60. The molecule has 1 saturated heterocycles. The molecule has 1 aliphatic heterocycles. The SMILES string of the molecule is Cl.Cn1cc(C(=O)NC2CCNC2)c(-c2ccccc2Cl)n1. The van der Waals surface area contributed by atoms with Crippen LogP contribution in [0.1, 0.15) is 16.8 Å². The summed E-state index contributed by atoms with van der Waals surface area (Å²) in [5.74, 6) is -0.105. The Morgan fingerprint density at radius 1 is 1.45 bits per heavy atom. The van der Waals surface area contributed by atoms with Gasteiger partial charge in [-0.3, -0.25) is 9.48 Å². The lowest BCUT2D eigenvalue weighted by atomic mass is 10.1. The highest BCUT2D eigenvalue weighted by atomic mass is 35.5. The number of halogens is 2. The molecule has 2 N–H and O–H groups in total. The fourth-order valence-electron chi connectivity index (χ4n) is 2.55. The molecule has 118 valence electrons. The van der Waals surface area contributed by atoms with Gasteiger partial charge in [0.25, 0.3) is 5.91 Å². The van der Waals surface area contributed by atoms with Crippen molar-refractivity contribution in [1.82, 2.24) is 20.4 Å². The maximum atomic E-state index is 12.5. The molecule has 1 aromatic carbocycles. The van der Waals surface area contributed by atoms with E-state index in [1.54, 1.807) is 24.0 Å². The van der Waals surface area contributed by atoms with Gasteiger partial charge in [-0.2, -0.15) is 5.10 Å². The van der Waals surface area contributed by atoms with Crippen molar-refractivity contribution >= 4 is 29.9 Å². The van der Waals surface area contributed by atoms with Crippen LogP contribution in [0.25, 0.3) is 11.3 Å². The average Bonchev–Trinajstić information content (AvgIpc) is 3.09. The van der Waals surface area contributed by atoms with E-state index < -0.39 is 0 Å². The van der Waals surface area contributed by atoms with Crippen LogP contribution in [0.5, 0.6) is 0 Å². The van der Waals surface area contributed by atoms with Crippen LogP contribution in [0.3, 0.4) is 0 Å². The number of rotatable bonds is 3. The Labute approximate surface area is 140 Å². The molecule has 3 rings (SSSR count). The Morgan fingerprint density at radius 3 is 2.91 bits per heavy atom. The summed E-state index contributed by atoms with van der Waals surface area (Å²) < 4.78 is 1.64. The first-order chi connectivity index (χ1) is 10.1. The Kier molecular flexibility index (Phi) is 5.45. The van der Waals surface area contributed by atoms with Crippen LogP contribution >= 0.6 is 24.0 Å². The molecule has 0 bridgehead atoms. The molecule has 1 aromatic heterocycles. The minimum atomic E-state index is -0.105. The van der Waals surface area contributed by atoms with E-state index in [1.807, 2.05) is 18.2 Å². The van der Waals surface area contributed by atoms with E-state index in [1.165, 1.54) is 0 Å². The van der Waals surface area contributed by atoms with Crippen molar-refractivity contribution in [1.29, 1.82) is 0 Å². The third-order valence-corrected chi connectivity index (χ3v) is 3.93. The molecule has 1 atom stereocenters. The van der Waals surface area contributed by atoms with Gasteiger partial charge in [0, 0.05) is 31.4 Å². The van der Waals surface area contributed by atoms with E-state index in [2.05, 4.69) is 15.7 Å². The van der Waals surface area contributed by atoms with E-state index in [9.17, 15) is 4.79 Å². The van der Waals surface area contributed by atoms with Gasteiger partial charge in [0.1, 0.15) is 5.69 Å². The molecule has 2 heterocycles. The molecular formula is C15H18Cl2N4O. The van der Waals surface area contributed by atoms with Gasteiger partial charge >= 0.3 is 0 Å². The summed E-state index contributed by atoms with van der Waals surface area (Å²) in [7, 11) is 1.80. The van der Waals surface area contributed by atoms with Gasteiger partial charge in [-0.25, -0.2) is 0 Å². The number of carbonyl (C=O) groups excluding carboxylic acids is 1. The Balaban J connectivity index is 0.00000176. The molecule has 1 unspecified atom stereocenters. The first-order valence-electron chi connectivity index (χ1n) is 6.95. The van der Waals surface area contributed by atoms with Gasteiger partial charge in [0.05, 0.1) is 10.6 Å². The zero-order valence-electron chi connectivity index (χ0n) is 12.2. The second-order valence-corrected chi connectivity index (χ2v) is 5.62. The Hall–Kier alpha value is -1.56. The van der Waals surface area contributed by atoms with E-state index in [0.717, 1.165) is 25.1 Å². The zero-order chi connectivity index (χ0) is 14.8. The first-order valence-corrected chi connectivity index (χ1v) is 7.33. The molecule has 0 aliphatic carbocycles. The van der Waals surface area contributed by atoms with E-state index >= 15 is 0 Å². The number of nitrogens with one attached hydrogen (secondary N) is 2. The zero-order valence-corrected chi connectivity index (χ0v) is 13.7. The van der Waals surface area contributed by atoms with Crippen molar-refractivity contribution in [2.24, 2.45) is 7.05 Å². The number of hydrogen-bond acceptors (Lipinski definition) is 3. The average molecular weight is 341 g/mol. The quantitative estimate of drug-likeness (QED) is 0.900. The predicted octanol–water partition coefficient (Wildman–Crippen LogP) is 2.25. The normalized spacial score (nSPS) is 17.1. The smallest absolute Gasteiger partial charge is 0.255 e. The molecule has 1 amide bonds. The van der Waals surface area contributed by atoms with Crippen molar-refractivity contribution in [2.75, 3.05) is 13.1 Å². The van der Waals surface area contributed by atoms with Crippen LogP contribution in [0, 0.1) is 0 Å². The highest BCUT2D eigenvalue weighted by molar-refractivity contribution is 6.33. The minimum Gasteiger partial charge on any atom is -0.348 e. The molecule has 1 aliphatic rings. The molecule has 2 aromatic rings. The fraction of sp³-hybridized carbons (Fsp3) is 0.333. The lowest BCUT2D eigenvalue weighted by Gasteiger charge is -2.11. The first kappa shape index (κ1) is 16.8. The van der Waals surface area contributed by atoms with Crippen LogP contribution in [0.15, 0.2) is 30.5 Å². The lowest BCUT2D eigenvalue weighted by molar-refractivity contribution is 0.0940. The van der Waals surface area contributed by atoms with E-state index in [4.69, 9.17) is 11.6 Å². The molecule has 0 spiro atoms. The van der Waals surface area contributed by atoms with E-state index in [-0.39, 0.29) is 24.4 Å². The highest BCUT2D eigenvalue weighted by Crippen LogP contribution is 2.29. The summed E-state index contributed by atoms with van der Waals surface area (Å²) in [5.41, 5.74) is 1.94. The monoisotopic (exact) mass is 340 g/mol. The van der Waals surface area contributed by atoms with Crippen LogP contribution in [0.2, 0.25) is 5.02 Å². The van der Waals surface area contributed by atoms with Gasteiger partial charge in [0.2, 0.25) is 0 Å². The maximum absolute atomic E-state index is 12.5. The third kappa shape index (κ3) is 3.43. The van der Waals surface area contributed by atoms with Crippen molar-refractivity contribution in [3.63, 3.8) is 0 Å². The number of hydrogen-bond donors (Lipinski definition) is 2. The fourth-order valence-corrected chi connectivity index (χ4v) is 2.77. The molecule has 5 nitrogen and oxygen atoms in total. The van der Waals surface area contributed by atoms with Gasteiger partial charge in [-0.15, -0.1) is 12.4 Å². The second kappa shape index (κ2) is 7.13. The van der Waals surface area contributed by atoms with Crippen LogP contribution < -0.4 is 10.6 Å². The molecular weight excluding hydrogens is 323 g/mol. The molecule has 7 heteroatoms. The number of aryl methyl sites for hydroxylation is 1. The number of benzene rings is 1. The Bertz CT molecular complexity index is 665. The van der Waals surface area contributed by atoms with Crippen LogP contribution in [-0.2, 0) is 7.05 Å². The van der Waals surface area contributed by atoms with Crippen molar-refractivity contribution < 1.29 is 4.79 Å². The Morgan fingerprint density at radius 2 is 2.23 bits per heavy atom. The number of nitrogens with zero attached hydrogens (tertiary/aromatic N) is 2. The third-order valence-electron chi connectivity index (χ3n) is 3.60. The second-order valence-electron chi connectivity index (χ2n) is 5.21. The molecule has 22 heavy (non-hydrogen) atoms.